The van der Waals surface area contributed by atoms with E-state index in [2.05, 4.69) is 20.8 Å². The quantitative estimate of drug-likeness (QED) is 0.821. The van der Waals surface area contributed by atoms with E-state index in [4.69, 9.17) is 14.1 Å². The molecule has 1 atom stereocenters. The van der Waals surface area contributed by atoms with Crippen LogP contribution in [0.25, 0.3) is 11.0 Å². The topological polar surface area (TPSA) is 116 Å². The van der Waals surface area contributed by atoms with Crippen molar-refractivity contribution < 1.29 is 23.7 Å². The first-order valence-corrected chi connectivity index (χ1v) is 7.98. The van der Waals surface area contributed by atoms with Crippen molar-refractivity contribution >= 4 is 28.7 Å². The molecule has 0 amide bonds. The molecule has 136 valence electrons. The Morgan fingerprint density at radius 3 is 2.69 bits per heavy atom. The normalized spacial score (nSPS) is 17.1. The van der Waals surface area contributed by atoms with Gasteiger partial charge in [-0.15, -0.1) is 0 Å². The number of hydrogen-bond donors (Lipinski definition) is 1. The molecular formula is C17H18N4O5. The highest BCUT2D eigenvalue weighted by atomic mass is 16.6. The first-order valence-electron chi connectivity index (χ1n) is 7.98. The standard InChI is InChI=1S/C17H18N4O5/c1-8(2)25-16(22)12-9(3)18-19-15(17(23)24-4)13(12)10-6-5-7-11-14(10)21-26-20-11/h5-8,13,18H,1-4H3. The monoisotopic (exact) mass is 358 g/mol. The molecule has 1 aromatic heterocycles. The van der Waals surface area contributed by atoms with Crippen LogP contribution in [0.5, 0.6) is 0 Å². The van der Waals surface area contributed by atoms with Crippen LogP contribution in [-0.4, -0.2) is 41.2 Å². The lowest BCUT2D eigenvalue weighted by Crippen LogP contribution is -2.36. The molecule has 0 aliphatic carbocycles. The fraction of sp³-hybridized carbons (Fsp3) is 0.353. The second-order valence-corrected chi connectivity index (χ2v) is 6.01. The molecule has 2 aromatic rings. The van der Waals surface area contributed by atoms with Crippen LogP contribution in [0.2, 0.25) is 0 Å². The van der Waals surface area contributed by atoms with E-state index in [1.165, 1.54) is 7.11 Å². The first kappa shape index (κ1) is 17.6. The van der Waals surface area contributed by atoms with Crippen molar-refractivity contribution in [3.05, 3.63) is 35.0 Å². The zero-order chi connectivity index (χ0) is 18.8. The summed E-state index contributed by atoms with van der Waals surface area (Å²) in [7, 11) is 1.25. The van der Waals surface area contributed by atoms with E-state index in [1.54, 1.807) is 39.0 Å². The van der Waals surface area contributed by atoms with Gasteiger partial charge in [0, 0.05) is 5.70 Å². The van der Waals surface area contributed by atoms with E-state index in [1.807, 2.05) is 0 Å². The van der Waals surface area contributed by atoms with Crippen LogP contribution in [0.4, 0.5) is 0 Å². The van der Waals surface area contributed by atoms with E-state index in [0.29, 0.717) is 22.3 Å². The second-order valence-electron chi connectivity index (χ2n) is 6.01. The number of hydrazone groups is 1. The maximum atomic E-state index is 12.7. The highest BCUT2D eigenvalue weighted by Gasteiger charge is 2.39. The number of nitrogens with one attached hydrogen (secondary N) is 1. The van der Waals surface area contributed by atoms with Crippen molar-refractivity contribution in [2.75, 3.05) is 7.11 Å². The van der Waals surface area contributed by atoms with Gasteiger partial charge in [0.15, 0.2) is 5.71 Å². The summed E-state index contributed by atoms with van der Waals surface area (Å²) < 4.78 is 15.0. The molecule has 1 aliphatic heterocycles. The Morgan fingerprint density at radius 1 is 1.23 bits per heavy atom. The Morgan fingerprint density at radius 2 is 2.00 bits per heavy atom. The van der Waals surface area contributed by atoms with Gasteiger partial charge in [-0.1, -0.05) is 12.1 Å². The highest BCUT2D eigenvalue weighted by molar-refractivity contribution is 6.40. The van der Waals surface area contributed by atoms with Crippen LogP contribution in [-0.2, 0) is 19.1 Å². The third-order valence-corrected chi connectivity index (χ3v) is 3.90. The van der Waals surface area contributed by atoms with Crippen molar-refractivity contribution in [3.8, 4) is 0 Å². The molecule has 0 radical (unpaired) electrons. The summed E-state index contributed by atoms with van der Waals surface area (Å²) in [6.07, 6.45) is -0.326. The Balaban J connectivity index is 2.20. The summed E-state index contributed by atoms with van der Waals surface area (Å²) in [5, 5.41) is 11.8. The number of hydrogen-bond acceptors (Lipinski definition) is 9. The zero-order valence-electron chi connectivity index (χ0n) is 14.8. The summed E-state index contributed by atoms with van der Waals surface area (Å²) in [4.78, 5) is 25.0. The molecule has 1 N–H and O–H groups in total. The van der Waals surface area contributed by atoms with Crippen molar-refractivity contribution in [1.29, 1.82) is 0 Å². The lowest BCUT2D eigenvalue weighted by molar-refractivity contribution is -0.142. The molecule has 3 rings (SSSR count). The maximum absolute atomic E-state index is 12.7. The molecule has 26 heavy (non-hydrogen) atoms. The second kappa shape index (κ2) is 6.95. The van der Waals surface area contributed by atoms with Gasteiger partial charge >= 0.3 is 11.9 Å². The van der Waals surface area contributed by atoms with Gasteiger partial charge in [-0.2, -0.15) is 5.10 Å². The Bertz CT molecular complexity index is 928. The van der Waals surface area contributed by atoms with E-state index < -0.39 is 17.9 Å². The largest absolute Gasteiger partial charge is 0.464 e. The van der Waals surface area contributed by atoms with E-state index in [0.717, 1.165) is 0 Å². The van der Waals surface area contributed by atoms with Gasteiger partial charge in [0.25, 0.3) is 0 Å². The number of benzene rings is 1. The molecule has 0 bridgehead atoms. The first-order chi connectivity index (χ1) is 12.4. The molecule has 9 heteroatoms. The van der Waals surface area contributed by atoms with Crippen LogP contribution in [0.1, 0.15) is 32.3 Å². The number of aromatic nitrogens is 2. The van der Waals surface area contributed by atoms with Gasteiger partial charge in [0.2, 0.25) is 0 Å². The Kier molecular flexibility index (Phi) is 4.70. The van der Waals surface area contributed by atoms with Crippen molar-refractivity contribution in [1.82, 2.24) is 15.7 Å². The summed E-state index contributed by atoms with van der Waals surface area (Å²) in [5.74, 6) is -2.05. The Labute approximate surface area is 149 Å². The van der Waals surface area contributed by atoms with Crippen LogP contribution in [0, 0.1) is 0 Å². The number of methoxy groups -OCH3 is 1. The number of esters is 2. The summed E-state index contributed by atoms with van der Waals surface area (Å²) in [6, 6.07) is 5.19. The summed E-state index contributed by atoms with van der Waals surface area (Å²) in [6.45, 7) is 5.18. The van der Waals surface area contributed by atoms with Gasteiger partial charge in [0.1, 0.15) is 11.0 Å². The van der Waals surface area contributed by atoms with Crippen molar-refractivity contribution in [3.63, 3.8) is 0 Å². The third-order valence-electron chi connectivity index (χ3n) is 3.90. The molecule has 1 aliphatic rings. The fourth-order valence-electron chi connectivity index (χ4n) is 2.80. The van der Waals surface area contributed by atoms with Crippen LogP contribution < -0.4 is 5.43 Å². The van der Waals surface area contributed by atoms with Gasteiger partial charge in [-0.25, -0.2) is 14.2 Å². The van der Waals surface area contributed by atoms with Gasteiger partial charge in [-0.05, 0) is 42.7 Å². The zero-order valence-corrected chi connectivity index (χ0v) is 14.8. The smallest absolute Gasteiger partial charge is 0.355 e. The fourth-order valence-corrected chi connectivity index (χ4v) is 2.80. The van der Waals surface area contributed by atoms with E-state index >= 15 is 0 Å². The number of carbonyl (C=O) groups is 2. The van der Waals surface area contributed by atoms with Crippen LogP contribution >= 0.6 is 0 Å². The molecule has 0 saturated heterocycles. The SMILES string of the molecule is COC(=O)C1=NNC(C)=C(C(=O)OC(C)C)C1c1cccc2nonc12. The average Bonchev–Trinajstić information content (AvgIpc) is 3.08. The molecule has 2 heterocycles. The molecule has 1 unspecified atom stereocenters. The summed E-state index contributed by atoms with van der Waals surface area (Å²) in [5.41, 5.74) is 4.92. The predicted molar refractivity (Wildman–Crippen MR) is 91.1 cm³/mol. The number of ether oxygens (including phenoxy) is 2. The average molecular weight is 358 g/mol. The van der Waals surface area contributed by atoms with Crippen LogP contribution in [0.15, 0.2) is 39.2 Å². The molecule has 9 nitrogen and oxygen atoms in total. The third kappa shape index (κ3) is 3.03. The van der Waals surface area contributed by atoms with Crippen molar-refractivity contribution in [2.24, 2.45) is 5.10 Å². The number of rotatable bonds is 4. The van der Waals surface area contributed by atoms with E-state index in [-0.39, 0.29) is 17.4 Å². The minimum atomic E-state index is -0.828. The lowest BCUT2D eigenvalue weighted by atomic mass is 9.84. The molecule has 0 saturated carbocycles. The number of carbonyl (C=O) groups excluding carboxylic acids is 2. The van der Waals surface area contributed by atoms with Gasteiger partial charge in [0.05, 0.1) is 24.7 Å². The molecule has 0 fully saturated rings. The summed E-state index contributed by atoms with van der Waals surface area (Å²) >= 11 is 0. The maximum Gasteiger partial charge on any atom is 0.355 e. The number of nitrogens with zero attached hydrogens (tertiary/aromatic N) is 3. The minimum Gasteiger partial charge on any atom is -0.464 e. The predicted octanol–water partition coefficient (Wildman–Crippen LogP) is 1.66. The molecular weight excluding hydrogens is 340 g/mol. The van der Waals surface area contributed by atoms with Crippen LogP contribution in [0.3, 0.4) is 0 Å². The minimum absolute atomic E-state index is 0.0179. The van der Waals surface area contributed by atoms with Gasteiger partial charge < -0.3 is 9.47 Å². The highest BCUT2D eigenvalue weighted by Crippen LogP contribution is 2.35. The van der Waals surface area contributed by atoms with Gasteiger partial charge in [-0.3, -0.25) is 5.43 Å². The molecule has 1 aromatic carbocycles. The Hall–Kier alpha value is -3.23. The van der Waals surface area contributed by atoms with Crippen molar-refractivity contribution in [2.45, 2.75) is 32.8 Å². The number of allylic oxidation sites excluding steroid dienone is 1. The lowest BCUT2D eigenvalue weighted by Gasteiger charge is -2.26. The number of fused-ring (bicyclic) bond motifs is 1. The molecule has 0 spiro atoms. The van der Waals surface area contributed by atoms with E-state index in [9.17, 15) is 9.59 Å².